The van der Waals surface area contributed by atoms with Crippen molar-refractivity contribution in [3.05, 3.63) is 35.4 Å². The molecule has 0 aromatic heterocycles. The molecule has 0 spiro atoms. The Morgan fingerprint density at radius 1 is 1.14 bits per heavy atom. The quantitative estimate of drug-likeness (QED) is 0.723. The largest absolute Gasteiger partial charge is 0.481 e. The first kappa shape index (κ1) is 15.5. The van der Waals surface area contributed by atoms with Gasteiger partial charge in [-0.2, -0.15) is 0 Å². The molecule has 0 saturated heterocycles. The molecule has 1 aromatic carbocycles. The summed E-state index contributed by atoms with van der Waals surface area (Å²) in [5.41, 5.74) is 2.47. The van der Waals surface area contributed by atoms with Crippen LogP contribution < -0.4 is 5.32 Å². The molecule has 0 bridgehead atoms. The number of amides is 1. The summed E-state index contributed by atoms with van der Waals surface area (Å²) in [7, 11) is 0. The minimum atomic E-state index is -0.733. The number of aryl methyl sites for hydroxylation is 1. The van der Waals surface area contributed by atoms with Gasteiger partial charge >= 0.3 is 5.97 Å². The molecule has 114 valence electrons. The molecule has 1 amide bonds. The minimum absolute atomic E-state index is 0.00760. The fraction of sp³-hybridized carbons (Fsp3) is 0.529. The molecule has 0 aliphatic heterocycles. The number of carbonyl (C=O) groups excluding carboxylic acids is 1. The number of carbonyl (C=O) groups is 2. The van der Waals surface area contributed by atoms with Crippen LogP contribution in [0.25, 0.3) is 0 Å². The van der Waals surface area contributed by atoms with Crippen molar-refractivity contribution in [1.29, 1.82) is 0 Å². The fourth-order valence-electron chi connectivity index (χ4n) is 2.92. The first-order chi connectivity index (χ1) is 10.2. The molecular formula is C17H23NO3. The summed E-state index contributed by atoms with van der Waals surface area (Å²) in [5.74, 6) is -0.595. The average molecular weight is 289 g/mol. The maximum atomic E-state index is 12.2. The number of carboxylic acid groups (broad SMARTS) is 1. The first-order valence-electron chi connectivity index (χ1n) is 7.76. The van der Waals surface area contributed by atoms with Gasteiger partial charge in [0.05, 0.1) is 5.92 Å². The van der Waals surface area contributed by atoms with Gasteiger partial charge in [-0.3, -0.25) is 9.59 Å². The topological polar surface area (TPSA) is 66.4 Å². The zero-order chi connectivity index (χ0) is 15.1. The monoisotopic (exact) mass is 289 g/mol. The highest BCUT2D eigenvalue weighted by Crippen LogP contribution is 2.32. The van der Waals surface area contributed by atoms with E-state index in [0.717, 1.165) is 38.5 Å². The summed E-state index contributed by atoms with van der Waals surface area (Å²) in [4.78, 5) is 22.6. The molecule has 2 rings (SSSR count). The number of hydrogen-bond donors (Lipinski definition) is 2. The Labute approximate surface area is 125 Å². The van der Waals surface area contributed by atoms with Gasteiger partial charge in [-0.05, 0) is 36.8 Å². The van der Waals surface area contributed by atoms with Crippen LogP contribution in [0.15, 0.2) is 24.3 Å². The van der Waals surface area contributed by atoms with Crippen LogP contribution in [0.2, 0.25) is 0 Å². The van der Waals surface area contributed by atoms with Gasteiger partial charge in [-0.1, -0.05) is 37.1 Å². The summed E-state index contributed by atoms with van der Waals surface area (Å²) >= 11 is 0. The van der Waals surface area contributed by atoms with E-state index in [9.17, 15) is 9.59 Å². The van der Waals surface area contributed by atoms with Crippen LogP contribution in [-0.2, 0) is 16.0 Å². The highest BCUT2D eigenvalue weighted by atomic mass is 16.4. The number of nitrogens with one attached hydrogen (secondary N) is 1. The highest BCUT2D eigenvalue weighted by molar-refractivity contribution is 5.84. The van der Waals surface area contributed by atoms with E-state index >= 15 is 0 Å². The molecule has 1 atom stereocenters. The number of hydrogen-bond acceptors (Lipinski definition) is 2. The van der Waals surface area contributed by atoms with Crippen LogP contribution in [-0.4, -0.2) is 23.5 Å². The van der Waals surface area contributed by atoms with E-state index in [0.29, 0.717) is 6.54 Å². The van der Waals surface area contributed by atoms with Crippen molar-refractivity contribution >= 4 is 11.9 Å². The summed E-state index contributed by atoms with van der Waals surface area (Å²) < 4.78 is 0. The van der Waals surface area contributed by atoms with Crippen molar-refractivity contribution in [1.82, 2.24) is 5.32 Å². The van der Waals surface area contributed by atoms with E-state index < -0.39 is 5.97 Å². The predicted molar refractivity (Wildman–Crippen MR) is 81.2 cm³/mol. The van der Waals surface area contributed by atoms with Crippen LogP contribution in [0.3, 0.4) is 0 Å². The molecule has 1 aliphatic rings. The fourth-order valence-corrected chi connectivity index (χ4v) is 2.92. The molecule has 0 heterocycles. The van der Waals surface area contributed by atoms with Gasteiger partial charge in [0, 0.05) is 13.0 Å². The van der Waals surface area contributed by atoms with Gasteiger partial charge in [-0.25, -0.2) is 0 Å². The van der Waals surface area contributed by atoms with E-state index in [-0.39, 0.29) is 18.2 Å². The number of aliphatic carboxylic acids is 1. The summed E-state index contributed by atoms with van der Waals surface area (Å²) in [6.45, 7) is 0.685. The minimum Gasteiger partial charge on any atom is -0.481 e. The smallest absolute Gasteiger partial charge is 0.303 e. The lowest BCUT2D eigenvalue weighted by Gasteiger charge is -2.12. The normalized spacial score (nSPS) is 16.5. The van der Waals surface area contributed by atoms with Crippen molar-refractivity contribution in [3.8, 4) is 0 Å². The molecule has 0 fully saturated rings. The molecule has 4 nitrogen and oxygen atoms in total. The summed E-state index contributed by atoms with van der Waals surface area (Å²) in [6.07, 6.45) is 5.65. The maximum Gasteiger partial charge on any atom is 0.303 e. The standard InChI is InChI=1S/C17H23NO3/c19-16(20)9-3-1-2-6-12-18-17(21)15-11-10-13-7-4-5-8-14(13)15/h4-5,7-8,15H,1-3,6,9-12H2,(H,18,21)(H,19,20). The molecule has 2 N–H and O–H groups in total. The van der Waals surface area contributed by atoms with Gasteiger partial charge in [0.2, 0.25) is 5.91 Å². The first-order valence-corrected chi connectivity index (χ1v) is 7.76. The van der Waals surface area contributed by atoms with Gasteiger partial charge in [0.15, 0.2) is 0 Å². The third-order valence-corrected chi connectivity index (χ3v) is 4.07. The predicted octanol–water partition coefficient (Wildman–Crippen LogP) is 2.87. The van der Waals surface area contributed by atoms with Gasteiger partial charge in [-0.15, -0.1) is 0 Å². The second kappa shape index (κ2) is 7.81. The van der Waals surface area contributed by atoms with Crippen molar-refractivity contribution in [3.63, 3.8) is 0 Å². The molecule has 1 aromatic rings. The third kappa shape index (κ3) is 4.59. The Morgan fingerprint density at radius 3 is 2.71 bits per heavy atom. The van der Waals surface area contributed by atoms with Crippen LogP contribution in [0.5, 0.6) is 0 Å². The van der Waals surface area contributed by atoms with E-state index in [2.05, 4.69) is 17.4 Å². The number of unbranched alkanes of at least 4 members (excludes halogenated alkanes) is 3. The maximum absolute atomic E-state index is 12.2. The Bertz CT molecular complexity index is 499. The van der Waals surface area contributed by atoms with Crippen LogP contribution in [0, 0.1) is 0 Å². The van der Waals surface area contributed by atoms with E-state index in [1.54, 1.807) is 0 Å². The molecule has 0 saturated carbocycles. The van der Waals surface area contributed by atoms with Crippen molar-refractivity contribution in [2.24, 2.45) is 0 Å². The molecular weight excluding hydrogens is 266 g/mol. The summed E-state index contributed by atoms with van der Waals surface area (Å²) in [6, 6.07) is 8.17. The van der Waals surface area contributed by atoms with Gasteiger partial charge in [0.1, 0.15) is 0 Å². The van der Waals surface area contributed by atoms with E-state index in [4.69, 9.17) is 5.11 Å². The second-order valence-electron chi connectivity index (χ2n) is 5.64. The summed E-state index contributed by atoms with van der Waals surface area (Å²) in [5, 5.41) is 11.5. The molecule has 21 heavy (non-hydrogen) atoms. The van der Waals surface area contributed by atoms with Crippen LogP contribution in [0.4, 0.5) is 0 Å². The van der Waals surface area contributed by atoms with Crippen LogP contribution >= 0.6 is 0 Å². The van der Waals surface area contributed by atoms with E-state index in [1.165, 1.54) is 11.1 Å². The lowest BCUT2D eigenvalue weighted by atomic mass is 10.0. The number of rotatable bonds is 8. The van der Waals surface area contributed by atoms with E-state index in [1.807, 2.05) is 12.1 Å². The highest BCUT2D eigenvalue weighted by Gasteiger charge is 2.27. The second-order valence-corrected chi connectivity index (χ2v) is 5.64. The number of fused-ring (bicyclic) bond motifs is 1. The van der Waals surface area contributed by atoms with Crippen LogP contribution in [0.1, 0.15) is 55.6 Å². The lowest BCUT2D eigenvalue weighted by molar-refractivity contribution is -0.137. The van der Waals surface area contributed by atoms with Crippen molar-refractivity contribution in [2.75, 3.05) is 6.54 Å². The lowest BCUT2D eigenvalue weighted by Crippen LogP contribution is -2.29. The van der Waals surface area contributed by atoms with Crippen molar-refractivity contribution < 1.29 is 14.7 Å². The molecule has 0 radical (unpaired) electrons. The zero-order valence-electron chi connectivity index (χ0n) is 12.3. The number of benzene rings is 1. The van der Waals surface area contributed by atoms with Gasteiger partial charge < -0.3 is 10.4 Å². The number of carboxylic acids is 1. The Kier molecular flexibility index (Phi) is 5.78. The Balaban J connectivity index is 1.64. The SMILES string of the molecule is O=C(O)CCCCCCNC(=O)C1CCc2ccccc21. The Hall–Kier alpha value is -1.84. The third-order valence-electron chi connectivity index (χ3n) is 4.07. The molecule has 1 unspecified atom stereocenters. The van der Waals surface area contributed by atoms with Gasteiger partial charge in [0.25, 0.3) is 0 Å². The molecule has 4 heteroatoms. The average Bonchev–Trinajstić information content (AvgIpc) is 2.89. The van der Waals surface area contributed by atoms with Crippen molar-refractivity contribution in [2.45, 2.75) is 50.9 Å². The Morgan fingerprint density at radius 2 is 1.90 bits per heavy atom. The zero-order valence-corrected chi connectivity index (χ0v) is 12.3. The molecule has 1 aliphatic carbocycles.